The van der Waals surface area contributed by atoms with Gasteiger partial charge >= 0.3 is 7.12 Å². The Kier molecular flexibility index (Phi) is 5.33. The lowest BCUT2D eigenvalue weighted by Gasteiger charge is -2.32. The maximum atomic E-state index is 6.53. The fraction of sp³-hybridized carbons (Fsp3) is 0.419. The number of hydrogen-bond donors (Lipinski definition) is 1. The van der Waals surface area contributed by atoms with Gasteiger partial charge in [0, 0.05) is 22.3 Å². The van der Waals surface area contributed by atoms with Crippen LogP contribution in [0.1, 0.15) is 79.0 Å². The van der Waals surface area contributed by atoms with E-state index in [1.54, 1.807) is 0 Å². The zero-order valence-corrected chi connectivity index (χ0v) is 22.7. The Morgan fingerprint density at radius 1 is 0.714 bits per heavy atom. The zero-order chi connectivity index (χ0) is 25.4. The monoisotopic (exact) mass is 467 g/mol. The van der Waals surface area contributed by atoms with E-state index in [2.05, 4.69) is 128 Å². The lowest BCUT2D eigenvalue weighted by molar-refractivity contribution is 0.00578. The molecule has 1 N–H and O–H groups in total. The summed E-state index contributed by atoms with van der Waals surface area (Å²) < 4.78 is 13.1. The van der Waals surface area contributed by atoms with Crippen LogP contribution in [0.2, 0.25) is 0 Å². The molecule has 0 atom stereocenters. The average Bonchev–Trinajstić information content (AvgIpc) is 3.12. The molecule has 1 aliphatic carbocycles. The molecule has 0 amide bonds. The van der Waals surface area contributed by atoms with Crippen LogP contribution in [0.4, 0.5) is 11.4 Å². The Labute approximate surface area is 211 Å². The fourth-order valence-corrected chi connectivity index (χ4v) is 5.25. The second-order valence-electron chi connectivity index (χ2n) is 12.7. The van der Waals surface area contributed by atoms with Crippen LogP contribution in [0.15, 0.2) is 60.7 Å². The van der Waals surface area contributed by atoms with Crippen LogP contribution in [-0.4, -0.2) is 18.3 Å². The molecule has 3 aromatic carbocycles. The van der Waals surface area contributed by atoms with E-state index in [4.69, 9.17) is 9.31 Å². The maximum absolute atomic E-state index is 6.53. The van der Waals surface area contributed by atoms with Gasteiger partial charge in [0.05, 0.1) is 11.2 Å². The van der Waals surface area contributed by atoms with E-state index in [-0.39, 0.29) is 10.8 Å². The maximum Gasteiger partial charge on any atom is 0.497 e. The number of anilines is 2. The molecule has 2 aliphatic rings. The number of fused-ring (bicyclic) bond motifs is 3. The summed E-state index contributed by atoms with van der Waals surface area (Å²) in [7, 11) is -0.447. The van der Waals surface area contributed by atoms with Crippen LogP contribution >= 0.6 is 0 Å². The molecule has 4 heteroatoms. The summed E-state index contributed by atoms with van der Waals surface area (Å²) in [4.78, 5) is 0. The summed E-state index contributed by atoms with van der Waals surface area (Å²) in [6.45, 7) is 19.8. The highest BCUT2D eigenvalue weighted by atomic mass is 16.7. The highest BCUT2D eigenvalue weighted by Crippen LogP contribution is 2.49. The standard InChI is InChI=1S/C31H38BNO2/c1-28(2,3)20-14-16-21(17-15-20)33-27-19-25-23(22-12-10-11-13-24(22)29(25,4)5)18-26(27)32-34-30(6,7)31(8,9)35-32/h10-19,33H,1-9H3. The second-order valence-corrected chi connectivity index (χ2v) is 12.7. The molecule has 0 spiro atoms. The third kappa shape index (κ3) is 3.92. The van der Waals surface area contributed by atoms with E-state index >= 15 is 0 Å². The van der Waals surface area contributed by atoms with E-state index in [0.29, 0.717) is 0 Å². The minimum atomic E-state index is -0.447. The Hall–Kier alpha value is -2.56. The van der Waals surface area contributed by atoms with E-state index in [9.17, 15) is 0 Å². The van der Waals surface area contributed by atoms with Gasteiger partial charge in [-0.05, 0) is 79.1 Å². The first-order valence-corrected chi connectivity index (χ1v) is 12.7. The predicted octanol–water partition coefficient (Wildman–Crippen LogP) is 7.33. The van der Waals surface area contributed by atoms with E-state index < -0.39 is 18.3 Å². The second kappa shape index (κ2) is 7.72. The zero-order valence-electron chi connectivity index (χ0n) is 22.7. The van der Waals surface area contributed by atoms with Crippen molar-refractivity contribution in [2.75, 3.05) is 5.32 Å². The first-order chi connectivity index (χ1) is 16.2. The van der Waals surface area contributed by atoms with Crippen molar-refractivity contribution in [2.45, 2.75) is 84.3 Å². The minimum Gasteiger partial charge on any atom is -0.399 e. The molecule has 1 saturated heterocycles. The van der Waals surface area contributed by atoms with Crippen molar-refractivity contribution in [3.63, 3.8) is 0 Å². The molecular weight excluding hydrogens is 429 g/mol. The SMILES string of the molecule is CC(C)(C)c1ccc(Nc2cc3c(cc2B2OC(C)(C)C(C)(C)O2)-c2ccccc2C3(C)C)cc1. The molecule has 1 heterocycles. The summed E-state index contributed by atoms with van der Waals surface area (Å²) in [6.07, 6.45) is 0. The van der Waals surface area contributed by atoms with Crippen molar-refractivity contribution in [2.24, 2.45) is 0 Å². The van der Waals surface area contributed by atoms with E-state index in [1.165, 1.54) is 27.8 Å². The normalized spacial score (nSPS) is 19.4. The van der Waals surface area contributed by atoms with Gasteiger partial charge in [0.25, 0.3) is 0 Å². The van der Waals surface area contributed by atoms with Crippen molar-refractivity contribution in [1.82, 2.24) is 0 Å². The third-order valence-corrected chi connectivity index (χ3v) is 8.29. The summed E-state index contributed by atoms with van der Waals surface area (Å²) in [5.41, 5.74) is 8.94. The Balaban J connectivity index is 1.63. The van der Waals surface area contributed by atoms with Gasteiger partial charge in [-0.3, -0.25) is 0 Å². The molecule has 1 fully saturated rings. The number of benzene rings is 3. The Morgan fingerprint density at radius 3 is 1.91 bits per heavy atom. The van der Waals surface area contributed by atoms with Gasteiger partial charge < -0.3 is 14.6 Å². The van der Waals surface area contributed by atoms with Gasteiger partial charge in [-0.15, -0.1) is 0 Å². The molecule has 0 unspecified atom stereocenters. The molecule has 0 saturated carbocycles. The van der Waals surface area contributed by atoms with Crippen LogP contribution in [0, 0.1) is 0 Å². The van der Waals surface area contributed by atoms with Gasteiger partial charge in [-0.25, -0.2) is 0 Å². The topological polar surface area (TPSA) is 30.5 Å². The highest BCUT2D eigenvalue weighted by Gasteiger charge is 2.52. The Bertz CT molecular complexity index is 1270. The van der Waals surface area contributed by atoms with Gasteiger partial charge in [0.15, 0.2) is 0 Å². The first kappa shape index (κ1) is 24.2. The van der Waals surface area contributed by atoms with Gasteiger partial charge in [0.1, 0.15) is 0 Å². The lowest BCUT2D eigenvalue weighted by Crippen LogP contribution is -2.41. The highest BCUT2D eigenvalue weighted by molar-refractivity contribution is 6.64. The van der Waals surface area contributed by atoms with Crippen LogP contribution in [0.3, 0.4) is 0 Å². The molecular formula is C31H38BNO2. The molecule has 3 nitrogen and oxygen atoms in total. The average molecular weight is 467 g/mol. The summed E-state index contributed by atoms with van der Waals surface area (Å²) in [5.74, 6) is 0. The van der Waals surface area contributed by atoms with Gasteiger partial charge in [-0.1, -0.05) is 77.1 Å². The van der Waals surface area contributed by atoms with Gasteiger partial charge in [-0.2, -0.15) is 0 Å². The van der Waals surface area contributed by atoms with Crippen LogP contribution in [-0.2, 0) is 20.1 Å². The molecule has 5 rings (SSSR count). The number of nitrogens with one attached hydrogen (secondary N) is 1. The molecule has 0 aromatic heterocycles. The molecule has 0 bridgehead atoms. The Morgan fingerprint density at radius 2 is 1.31 bits per heavy atom. The minimum absolute atomic E-state index is 0.0765. The predicted molar refractivity (Wildman–Crippen MR) is 148 cm³/mol. The van der Waals surface area contributed by atoms with Crippen molar-refractivity contribution in [3.05, 3.63) is 77.4 Å². The quantitative estimate of drug-likeness (QED) is 0.409. The summed E-state index contributed by atoms with van der Waals surface area (Å²) in [5, 5.41) is 3.72. The van der Waals surface area contributed by atoms with Crippen molar-refractivity contribution < 1.29 is 9.31 Å². The lowest BCUT2D eigenvalue weighted by atomic mass is 9.74. The number of rotatable bonds is 3. The van der Waals surface area contributed by atoms with Crippen molar-refractivity contribution >= 4 is 24.0 Å². The molecule has 1 aliphatic heterocycles. The van der Waals surface area contributed by atoms with E-state index in [1.807, 2.05) is 0 Å². The number of hydrogen-bond acceptors (Lipinski definition) is 3. The van der Waals surface area contributed by atoms with Crippen LogP contribution in [0.25, 0.3) is 11.1 Å². The molecule has 35 heavy (non-hydrogen) atoms. The van der Waals surface area contributed by atoms with Crippen molar-refractivity contribution in [3.8, 4) is 11.1 Å². The molecule has 3 aromatic rings. The first-order valence-electron chi connectivity index (χ1n) is 12.7. The smallest absolute Gasteiger partial charge is 0.399 e. The summed E-state index contributed by atoms with van der Waals surface area (Å²) >= 11 is 0. The van der Waals surface area contributed by atoms with Crippen LogP contribution < -0.4 is 10.8 Å². The fourth-order valence-electron chi connectivity index (χ4n) is 5.25. The third-order valence-electron chi connectivity index (χ3n) is 8.29. The van der Waals surface area contributed by atoms with E-state index in [0.717, 1.165) is 16.8 Å². The van der Waals surface area contributed by atoms with Crippen LogP contribution in [0.5, 0.6) is 0 Å². The summed E-state index contributed by atoms with van der Waals surface area (Å²) in [6, 6.07) is 22.1. The van der Waals surface area contributed by atoms with Crippen molar-refractivity contribution in [1.29, 1.82) is 0 Å². The molecule has 0 radical (unpaired) electrons. The largest absolute Gasteiger partial charge is 0.497 e. The molecule has 182 valence electrons. The van der Waals surface area contributed by atoms with Gasteiger partial charge in [0.2, 0.25) is 0 Å².